The lowest BCUT2D eigenvalue weighted by atomic mass is 10.1. The first-order valence-corrected chi connectivity index (χ1v) is 8.33. The maximum absolute atomic E-state index is 12.1. The maximum Gasteiger partial charge on any atom is 0.410 e. The molecule has 1 atom stereocenters. The SMILES string of the molecule is CC(C)(C)OC(=O)N1CCCC(OCc2ccc(Br)nc2)C1. The van der Waals surface area contributed by atoms with Gasteiger partial charge in [-0.25, -0.2) is 9.78 Å². The molecular formula is C16H23BrN2O3. The second kappa shape index (κ2) is 7.42. The van der Waals surface area contributed by atoms with Crippen molar-refractivity contribution < 1.29 is 14.3 Å². The van der Waals surface area contributed by atoms with Crippen molar-refractivity contribution in [3.05, 3.63) is 28.5 Å². The highest BCUT2D eigenvalue weighted by molar-refractivity contribution is 9.10. The minimum atomic E-state index is -0.464. The molecule has 0 spiro atoms. The molecule has 1 aromatic heterocycles. The number of likely N-dealkylation sites (tertiary alicyclic amines) is 1. The summed E-state index contributed by atoms with van der Waals surface area (Å²) in [5.41, 5.74) is 0.561. The summed E-state index contributed by atoms with van der Waals surface area (Å²) in [6, 6.07) is 3.87. The van der Waals surface area contributed by atoms with Crippen LogP contribution in [0.4, 0.5) is 4.79 Å². The van der Waals surface area contributed by atoms with E-state index in [4.69, 9.17) is 9.47 Å². The Kier molecular flexibility index (Phi) is 5.81. The lowest BCUT2D eigenvalue weighted by Crippen LogP contribution is -2.45. The van der Waals surface area contributed by atoms with E-state index >= 15 is 0 Å². The van der Waals surface area contributed by atoms with Gasteiger partial charge in [0.1, 0.15) is 10.2 Å². The summed E-state index contributed by atoms with van der Waals surface area (Å²) < 4.78 is 12.1. The number of ether oxygens (including phenoxy) is 2. The summed E-state index contributed by atoms with van der Waals surface area (Å²) in [6.07, 6.45) is 3.47. The number of carbonyl (C=O) groups is 1. The third-order valence-corrected chi connectivity index (χ3v) is 3.77. The molecule has 6 heteroatoms. The Morgan fingerprint density at radius 1 is 1.45 bits per heavy atom. The first kappa shape index (κ1) is 17.2. The van der Waals surface area contributed by atoms with Gasteiger partial charge < -0.3 is 14.4 Å². The standard InChI is InChI=1S/C16H23BrN2O3/c1-16(2,3)22-15(20)19-8-4-5-13(10-19)21-11-12-6-7-14(17)18-9-12/h6-7,9,13H,4-5,8,10-11H2,1-3H3. The number of amides is 1. The number of hydrogen-bond donors (Lipinski definition) is 0. The van der Waals surface area contributed by atoms with Crippen LogP contribution in [0.15, 0.2) is 22.9 Å². The summed E-state index contributed by atoms with van der Waals surface area (Å²) >= 11 is 3.31. The van der Waals surface area contributed by atoms with Crippen LogP contribution in [0.3, 0.4) is 0 Å². The van der Waals surface area contributed by atoms with Crippen molar-refractivity contribution in [3.8, 4) is 0 Å². The molecular weight excluding hydrogens is 348 g/mol. The largest absolute Gasteiger partial charge is 0.444 e. The number of halogens is 1. The van der Waals surface area contributed by atoms with Crippen LogP contribution in [0.1, 0.15) is 39.2 Å². The van der Waals surface area contributed by atoms with Crippen LogP contribution in [0, 0.1) is 0 Å². The van der Waals surface area contributed by atoms with Gasteiger partial charge in [-0.3, -0.25) is 0 Å². The topological polar surface area (TPSA) is 51.7 Å². The molecule has 1 aromatic rings. The molecule has 0 bridgehead atoms. The normalized spacial score (nSPS) is 19.1. The van der Waals surface area contributed by atoms with Gasteiger partial charge in [0.05, 0.1) is 19.3 Å². The van der Waals surface area contributed by atoms with Crippen molar-refractivity contribution >= 4 is 22.0 Å². The first-order chi connectivity index (χ1) is 10.3. The van der Waals surface area contributed by atoms with Crippen LogP contribution >= 0.6 is 15.9 Å². The monoisotopic (exact) mass is 370 g/mol. The van der Waals surface area contributed by atoms with Gasteiger partial charge in [0, 0.05) is 12.7 Å². The zero-order valence-electron chi connectivity index (χ0n) is 13.3. The number of carbonyl (C=O) groups excluding carboxylic acids is 1. The van der Waals surface area contributed by atoms with Crippen molar-refractivity contribution in [3.63, 3.8) is 0 Å². The smallest absolute Gasteiger partial charge is 0.410 e. The second-order valence-corrected chi connectivity index (χ2v) is 7.30. The lowest BCUT2D eigenvalue weighted by Gasteiger charge is -2.34. The summed E-state index contributed by atoms with van der Waals surface area (Å²) in [5.74, 6) is 0. The van der Waals surface area contributed by atoms with Crippen molar-refractivity contribution in [1.82, 2.24) is 9.88 Å². The Hall–Kier alpha value is -1.14. The fraction of sp³-hybridized carbons (Fsp3) is 0.625. The summed E-state index contributed by atoms with van der Waals surface area (Å²) in [4.78, 5) is 18.0. The zero-order valence-corrected chi connectivity index (χ0v) is 14.9. The van der Waals surface area contributed by atoms with Gasteiger partial charge in [0.25, 0.3) is 0 Å². The van der Waals surface area contributed by atoms with Crippen molar-refractivity contribution in [2.75, 3.05) is 13.1 Å². The van der Waals surface area contributed by atoms with Gasteiger partial charge in [0.15, 0.2) is 0 Å². The molecule has 122 valence electrons. The predicted molar refractivity (Wildman–Crippen MR) is 87.6 cm³/mol. The van der Waals surface area contributed by atoms with E-state index in [9.17, 15) is 4.79 Å². The second-order valence-electron chi connectivity index (χ2n) is 6.49. The van der Waals surface area contributed by atoms with E-state index in [1.165, 1.54) is 0 Å². The molecule has 1 aliphatic heterocycles. The van der Waals surface area contributed by atoms with Crippen molar-refractivity contribution in [1.29, 1.82) is 0 Å². The number of rotatable bonds is 3. The molecule has 1 amide bonds. The Balaban J connectivity index is 1.82. The van der Waals surface area contributed by atoms with Crippen LogP contribution in [-0.4, -0.2) is 40.8 Å². The summed E-state index contributed by atoms with van der Waals surface area (Å²) in [7, 11) is 0. The van der Waals surface area contributed by atoms with Gasteiger partial charge in [-0.2, -0.15) is 0 Å². The molecule has 1 aliphatic rings. The third-order valence-electron chi connectivity index (χ3n) is 3.30. The maximum atomic E-state index is 12.1. The summed E-state index contributed by atoms with van der Waals surface area (Å²) in [5, 5.41) is 0. The van der Waals surface area contributed by atoms with Crippen molar-refractivity contribution in [2.45, 2.75) is 51.9 Å². The minimum Gasteiger partial charge on any atom is -0.444 e. The molecule has 1 unspecified atom stereocenters. The van der Waals surface area contributed by atoms with Gasteiger partial charge in [0.2, 0.25) is 0 Å². The Morgan fingerprint density at radius 2 is 2.23 bits per heavy atom. The fourth-order valence-electron chi connectivity index (χ4n) is 2.27. The average Bonchev–Trinajstić information content (AvgIpc) is 2.45. The van der Waals surface area contributed by atoms with Gasteiger partial charge in [-0.1, -0.05) is 6.07 Å². The van der Waals surface area contributed by atoms with E-state index in [0.29, 0.717) is 13.2 Å². The number of pyridine rings is 1. The van der Waals surface area contributed by atoms with Gasteiger partial charge in [-0.15, -0.1) is 0 Å². The lowest BCUT2D eigenvalue weighted by molar-refractivity contribution is -0.0259. The molecule has 0 aliphatic carbocycles. The zero-order chi connectivity index (χ0) is 16.2. The quantitative estimate of drug-likeness (QED) is 0.760. The van der Waals surface area contributed by atoms with E-state index in [1.807, 2.05) is 32.9 Å². The van der Waals surface area contributed by atoms with Crippen LogP contribution < -0.4 is 0 Å². The Morgan fingerprint density at radius 3 is 2.86 bits per heavy atom. The van der Waals surface area contributed by atoms with Gasteiger partial charge >= 0.3 is 6.09 Å². The fourth-order valence-corrected chi connectivity index (χ4v) is 2.51. The van der Waals surface area contributed by atoms with E-state index in [1.54, 1.807) is 11.1 Å². The molecule has 0 saturated carbocycles. The molecule has 0 N–H and O–H groups in total. The molecule has 1 fully saturated rings. The number of hydrogen-bond acceptors (Lipinski definition) is 4. The summed E-state index contributed by atoms with van der Waals surface area (Å²) in [6.45, 7) is 7.46. The first-order valence-electron chi connectivity index (χ1n) is 7.53. The molecule has 2 rings (SSSR count). The average molecular weight is 371 g/mol. The van der Waals surface area contributed by atoms with E-state index in [0.717, 1.165) is 29.6 Å². The number of piperidine rings is 1. The molecule has 1 saturated heterocycles. The highest BCUT2D eigenvalue weighted by Gasteiger charge is 2.27. The van der Waals surface area contributed by atoms with Crippen molar-refractivity contribution in [2.24, 2.45) is 0 Å². The Labute approximate surface area is 140 Å². The number of nitrogens with zero attached hydrogens (tertiary/aromatic N) is 2. The van der Waals surface area contributed by atoms with E-state index in [2.05, 4.69) is 20.9 Å². The number of aromatic nitrogens is 1. The van der Waals surface area contributed by atoms with Crippen LogP contribution in [0.25, 0.3) is 0 Å². The highest BCUT2D eigenvalue weighted by Crippen LogP contribution is 2.18. The Bertz CT molecular complexity index is 499. The highest BCUT2D eigenvalue weighted by atomic mass is 79.9. The minimum absolute atomic E-state index is 0.0462. The van der Waals surface area contributed by atoms with E-state index in [-0.39, 0.29) is 12.2 Å². The van der Waals surface area contributed by atoms with Crippen LogP contribution in [-0.2, 0) is 16.1 Å². The molecule has 2 heterocycles. The molecule has 0 radical (unpaired) electrons. The van der Waals surface area contributed by atoms with Crippen LogP contribution in [0.5, 0.6) is 0 Å². The molecule has 0 aromatic carbocycles. The predicted octanol–water partition coefficient (Wildman–Crippen LogP) is 3.76. The van der Waals surface area contributed by atoms with E-state index < -0.39 is 5.60 Å². The molecule has 5 nitrogen and oxygen atoms in total. The third kappa shape index (κ3) is 5.57. The molecule has 22 heavy (non-hydrogen) atoms. The van der Waals surface area contributed by atoms with Gasteiger partial charge in [-0.05, 0) is 61.2 Å². The van der Waals surface area contributed by atoms with Crippen LogP contribution in [0.2, 0.25) is 0 Å².